The minimum Gasteiger partial charge on any atom is -0.316 e. The van der Waals surface area contributed by atoms with Gasteiger partial charge in [-0.3, -0.25) is 4.68 Å². The molecule has 3 heteroatoms. The minimum atomic E-state index is 0.905. The summed E-state index contributed by atoms with van der Waals surface area (Å²) < 4.78 is 2.16. The summed E-state index contributed by atoms with van der Waals surface area (Å²) in [4.78, 5) is 0. The highest BCUT2D eigenvalue weighted by Gasteiger charge is 2.07. The van der Waals surface area contributed by atoms with E-state index >= 15 is 0 Å². The summed E-state index contributed by atoms with van der Waals surface area (Å²) in [5.41, 5.74) is 4.09. The van der Waals surface area contributed by atoms with Crippen LogP contribution in [0.25, 0.3) is 0 Å². The molecule has 2 aromatic rings. The Morgan fingerprint density at radius 1 is 1.21 bits per heavy atom. The van der Waals surface area contributed by atoms with Crippen molar-refractivity contribution >= 4 is 0 Å². The van der Waals surface area contributed by atoms with E-state index in [-0.39, 0.29) is 0 Å². The second-order valence-corrected chi connectivity index (χ2v) is 4.81. The Hall–Kier alpha value is -1.61. The van der Waals surface area contributed by atoms with Crippen LogP contribution in [0.1, 0.15) is 30.2 Å². The first-order chi connectivity index (χ1) is 9.35. The molecule has 1 aromatic heterocycles. The Morgan fingerprint density at radius 3 is 2.68 bits per heavy atom. The van der Waals surface area contributed by atoms with Gasteiger partial charge in [0.05, 0.1) is 6.20 Å². The zero-order valence-corrected chi connectivity index (χ0v) is 11.9. The fourth-order valence-electron chi connectivity index (χ4n) is 2.47. The van der Waals surface area contributed by atoms with Gasteiger partial charge in [-0.05, 0) is 31.9 Å². The lowest BCUT2D eigenvalue weighted by Crippen LogP contribution is -2.10. The van der Waals surface area contributed by atoms with Crippen molar-refractivity contribution in [2.45, 2.75) is 39.3 Å². The van der Waals surface area contributed by atoms with Crippen molar-refractivity contribution in [3.05, 3.63) is 53.3 Å². The van der Waals surface area contributed by atoms with E-state index in [9.17, 15) is 0 Å². The second-order valence-electron chi connectivity index (χ2n) is 4.81. The van der Waals surface area contributed by atoms with Gasteiger partial charge in [0.1, 0.15) is 0 Å². The first-order valence-electron chi connectivity index (χ1n) is 7.07. The molecule has 0 radical (unpaired) electrons. The molecule has 0 unspecified atom stereocenters. The van der Waals surface area contributed by atoms with Gasteiger partial charge in [0.2, 0.25) is 0 Å². The predicted octanol–water partition coefficient (Wildman–Crippen LogP) is 2.80. The highest BCUT2D eigenvalue weighted by Crippen LogP contribution is 2.11. The molecule has 0 saturated heterocycles. The van der Waals surface area contributed by atoms with Crippen molar-refractivity contribution in [3.8, 4) is 0 Å². The average molecular weight is 257 g/mol. The molecular formula is C16H23N3. The SMILES string of the molecule is CCc1c(CNC)cnn1CCCc1ccccc1. The van der Waals surface area contributed by atoms with Crippen molar-refractivity contribution in [1.29, 1.82) is 0 Å². The van der Waals surface area contributed by atoms with Crippen LogP contribution in [-0.4, -0.2) is 16.8 Å². The monoisotopic (exact) mass is 257 g/mol. The number of rotatable bonds is 7. The molecule has 19 heavy (non-hydrogen) atoms. The zero-order chi connectivity index (χ0) is 13.5. The number of aryl methyl sites for hydroxylation is 2. The van der Waals surface area contributed by atoms with E-state index in [1.807, 2.05) is 13.2 Å². The maximum atomic E-state index is 4.51. The summed E-state index contributed by atoms with van der Waals surface area (Å²) in [7, 11) is 1.98. The normalized spacial score (nSPS) is 10.8. The Kier molecular flexibility index (Phi) is 5.16. The molecule has 0 spiro atoms. The lowest BCUT2D eigenvalue weighted by molar-refractivity contribution is 0.555. The predicted molar refractivity (Wildman–Crippen MR) is 79.1 cm³/mol. The highest BCUT2D eigenvalue weighted by atomic mass is 15.3. The van der Waals surface area contributed by atoms with Gasteiger partial charge in [-0.2, -0.15) is 5.10 Å². The summed E-state index contributed by atoms with van der Waals surface area (Å²) >= 11 is 0. The Bertz CT molecular complexity index is 488. The molecule has 1 N–H and O–H groups in total. The van der Waals surface area contributed by atoms with Crippen LogP contribution in [-0.2, 0) is 25.9 Å². The van der Waals surface area contributed by atoms with Crippen molar-refractivity contribution in [1.82, 2.24) is 15.1 Å². The molecule has 0 bridgehead atoms. The topological polar surface area (TPSA) is 29.9 Å². The molecule has 1 heterocycles. The molecule has 0 aliphatic rings. The molecule has 0 amide bonds. The maximum Gasteiger partial charge on any atom is 0.0537 e. The van der Waals surface area contributed by atoms with E-state index < -0.39 is 0 Å². The number of hydrogen-bond donors (Lipinski definition) is 1. The Morgan fingerprint density at radius 2 is 2.00 bits per heavy atom. The quantitative estimate of drug-likeness (QED) is 0.826. The number of hydrogen-bond acceptors (Lipinski definition) is 2. The minimum absolute atomic E-state index is 0.905. The molecule has 2 rings (SSSR count). The lowest BCUT2D eigenvalue weighted by atomic mass is 10.1. The first-order valence-corrected chi connectivity index (χ1v) is 7.07. The van der Waals surface area contributed by atoms with Crippen LogP contribution >= 0.6 is 0 Å². The standard InChI is InChI=1S/C16H23N3/c1-3-16-15(12-17-2)13-18-19(16)11-7-10-14-8-5-4-6-9-14/h4-6,8-9,13,17H,3,7,10-12H2,1-2H3. The molecular weight excluding hydrogens is 234 g/mol. The summed E-state index contributed by atoms with van der Waals surface area (Å²) in [6.45, 7) is 4.10. The molecule has 0 atom stereocenters. The van der Waals surface area contributed by atoms with Crippen molar-refractivity contribution in [2.24, 2.45) is 0 Å². The van der Waals surface area contributed by atoms with Crippen molar-refractivity contribution < 1.29 is 0 Å². The molecule has 0 saturated carbocycles. The Balaban J connectivity index is 1.92. The number of nitrogens with one attached hydrogen (secondary N) is 1. The number of nitrogens with zero attached hydrogens (tertiary/aromatic N) is 2. The van der Waals surface area contributed by atoms with Gasteiger partial charge in [-0.25, -0.2) is 0 Å². The van der Waals surface area contributed by atoms with Gasteiger partial charge in [-0.1, -0.05) is 37.3 Å². The van der Waals surface area contributed by atoms with Gasteiger partial charge < -0.3 is 5.32 Å². The van der Waals surface area contributed by atoms with Gasteiger partial charge in [0.15, 0.2) is 0 Å². The fraction of sp³-hybridized carbons (Fsp3) is 0.438. The molecule has 0 aliphatic carbocycles. The highest BCUT2D eigenvalue weighted by molar-refractivity contribution is 5.18. The molecule has 102 valence electrons. The molecule has 3 nitrogen and oxygen atoms in total. The number of benzene rings is 1. The largest absolute Gasteiger partial charge is 0.316 e. The average Bonchev–Trinajstić information content (AvgIpc) is 2.83. The van der Waals surface area contributed by atoms with E-state index in [2.05, 4.69) is 52.4 Å². The number of aromatic nitrogens is 2. The van der Waals surface area contributed by atoms with Crippen LogP contribution in [0.2, 0.25) is 0 Å². The van der Waals surface area contributed by atoms with E-state index in [4.69, 9.17) is 0 Å². The van der Waals surface area contributed by atoms with Gasteiger partial charge in [0.25, 0.3) is 0 Å². The third kappa shape index (κ3) is 3.67. The van der Waals surface area contributed by atoms with Crippen LogP contribution in [0, 0.1) is 0 Å². The zero-order valence-electron chi connectivity index (χ0n) is 11.9. The van der Waals surface area contributed by atoms with Crippen LogP contribution in [0.3, 0.4) is 0 Å². The summed E-state index contributed by atoms with van der Waals surface area (Å²) in [5, 5.41) is 7.71. The fourth-order valence-corrected chi connectivity index (χ4v) is 2.47. The van der Waals surface area contributed by atoms with Crippen LogP contribution < -0.4 is 5.32 Å². The maximum absolute atomic E-state index is 4.51. The first kappa shape index (κ1) is 13.8. The molecule has 0 fully saturated rings. The summed E-state index contributed by atoms with van der Waals surface area (Å²) in [5.74, 6) is 0. The van der Waals surface area contributed by atoms with E-state index in [0.717, 1.165) is 32.4 Å². The van der Waals surface area contributed by atoms with Crippen LogP contribution in [0.15, 0.2) is 36.5 Å². The van der Waals surface area contributed by atoms with Crippen molar-refractivity contribution in [2.75, 3.05) is 7.05 Å². The van der Waals surface area contributed by atoms with Gasteiger partial charge in [0, 0.05) is 24.3 Å². The molecule has 0 aliphatic heterocycles. The summed E-state index contributed by atoms with van der Waals surface area (Å²) in [6.07, 6.45) is 5.29. The van der Waals surface area contributed by atoms with E-state index in [0.29, 0.717) is 0 Å². The van der Waals surface area contributed by atoms with Crippen LogP contribution in [0.4, 0.5) is 0 Å². The third-order valence-corrected chi connectivity index (χ3v) is 3.42. The van der Waals surface area contributed by atoms with Crippen LogP contribution in [0.5, 0.6) is 0 Å². The second kappa shape index (κ2) is 7.10. The Labute approximate surface area is 115 Å². The summed E-state index contributed by atoms with van der Waals surface area (Å²) in [6, 6.07) is 10.7. The molecule has 1 aromatic carbocycles. The lowest BCUT2D eigenvalue weighted by Gasteiger charge is -2.08. The smallest absolute Gasteiger partial charge is 0.0537 e. The third-order valence-electron chi connectivity index (χ3n) is 3.42. The van der Waals surface area contributed by atoms with E-state index in [1.165, 1.54) is 16.8 Å². The van der Waals surface area contributed by atoms with Gasteiger partial charge >= 0.3 is 0 Å². The van der Waals surface area contributed by atoms with Gasteiger partial charge in [-0.15, -0.1) is 0 Å². The van der Waals surface area contributed by atoms with E-state index in [1.54, 1.807) is 0 Å². The van der Waals surface area contributed by atoms with Crippen molar-refractivity contribution in [3.63, 3.8) is 0 Å².